The van der Waals surface area contributed by atoms with Crippen molar-refractivity contribution in [2.45, 2.75) is 0 Å². The van der Waals surface area contributed by atoms with E-state index in [9.17, 15) is 14.4 Å². The fourth-order valence-electron chi connectivity index (χ4n) is 3.26. The Bertz CT molecular complexity index is 1050. The van der Waals surface area contributed by atoms with Gasteiger partial charge in [0.1, 0.15) is 0 Å². The van der Waals surface area contributed by atoms with Gasteiger partial charge >= 0.3 is 0 Å². The summed E-state index contributed by atoms with van der Waals surface area (Å²) in [6, 6.07) is 25.0. The zero-order valence-corrected chi connectivity index (χ0v) is 15.0. The SMILES string of the molecule is O=C(/C(=C/c1ccccc1)CN1C(=O)c2ccccc2C1=O)c1ccccc1. The van der Waals surface area contributed by atoms with E-state index in [4.69, 9.17) is 0 Å². The predicted molar refractivity (Wildman–Crippen MR) is 107 cm³/mol. The second-order valence-corrected chi connectivity index (χ2v) is 6.52. The molecule has 1 heterocycles. The zero-order chi connectivity index (χ0) is 19.5. The summed E-state index contributed by atoms with van der Waals surface area (Å²) in [7, 11) is 0. The first kappa shape index (κ1) is 17.6. The predicted octanol–water partition coefficient (Wildman–Crippen LogP) is 4.25. The van der Waals surface area contributed by atoms with Crippen LogP contribution in [0, 0.1) is 0 Å². The number of carbonyl (C=O) groups is 3. The van der Waals surface area contributed by atoms with Crippen molar-refractivity contribution in [2.75, 3.05) is 6.54 Å². The molecule has 0 fully saturated rings. The first-order valence-electron chi connectivity index (χ1n) is 8.96. The van der Waals surface area contributed by atoms with Gasteiger partial charge in [-0.1, -0.05) is 72.8 Å². The van der Waals surface area contributed by atoms with Gasteiger partial charge in [-0.2, -0.15) is 0 Å². The van der Waals surface area contributed by atoms with Crippen LogP contribution in [0.2, 0.25) is 0 Å². The van der Waals surface area contributed by atoms with Gasteiger partial charge in [-0.25, -0.2) is 0 Å². The topological polar surface area (TPSA) is 54.5 Å². The number of fused-ring (bicyclic) bond motifs is 1. The fourth-order valence-corrected chi connectivity index (χ4v) is 3.26. The molecule has 4 nitrogen and oxygen atoms in total. The Morgan fingerprint density at radius 3 is 1.79 bits per heavy atom. The largest absolute Gasteiger partial charge is 0.289 e. The van der Waals surface area contributed by atoms with Gasteiger partial charge in [-0.3, -0.25) is 19.3 Å². The Morgan fingerprint density at radius 1 is 0.714 bits per heavy atom. The highest BCUT2D eigenvalue weighted by Crippen LogP contribution is 2.25. The maximum atomic E-state index is 13.1. The lowest BCUT2D eigenvalue weighted by Crippen LogP contribution is -2.33. The molecule has 0 radical (unpaired) electrons. The maximum absolute atomic E-state index is 13.1. The van der Waals surface area contributed by atoms with E-state index in [1.54, 1.807) is 54.6 Å². The number of nitrogens with zero attached hydrogens (tertiary/aromatic N) is 1. The average Bonchev–Trinajstić information content (AvgIpc) is 2.99. The van der Waals surface area contributed by atoms with E-state index < -0.39 is 0 Å². The summed E-state index contributed by atoms with van der Waals surface area (Å²) in [5, 5.41) is 0. The third kappa shape index (κ3) is 3.28. The number of amides is 2. The molecule has 0 N–H and O–H groups in total. The Hall–Kier alpha value is -3.79. The van der Waals surface area contributed by atoms with Gasteiger partial charge in [-0.15, -0.1) is 0 Å². The molecule has 0 aliphatic carbocycles. The molecular formula is C24H17NO3. The number of Topliss-reactive ketones (excluding diaryl/α,β-unsaturated/α-hetero) is 1. The van der Waals surface area contributed by atoms with Crippen LogP contribution in [0.4, 0.5) is 0 Å². The van der Waals surface area contributed by atoms with E-state index in [1.165, 1.54) is 0 Å². The standard InChI is InChI=1S/C24H17NO3/c26-22(18-11-5-2-6-12-18)19(15-17-9-3-1-4-10-17)16-25-23(27)20-13-7-8-14-21(20)24(25)28/h1-15H,16H2/b19-15+. The first-order chi connectivity index (χ1) is 13.6. The van der Waals surface area contributed by atoms with Crippen LogP contribution in [0.25, 0.3) is 6.08 Å². The maximum Gasteiger partial charge on any atom is 0.261 e. The van der Waals surface area contributed by atoms with Crippen LogP contribution >= 0.6 is 0 Å². The number of benzene rings is 3. The molecule has 4 heteroatoms. The van der Waals surface area contributed by atoms with Crippen LogP contribution in [0.3, 0.4) is 0 Å². The summed E-state index contributed by atoms with van der Waals surface area (Å²) in [4.78, 5) is 39.7. The molecular weight excluding hydrogens is 350 g/mol. The Morgan fingerprint density at radius 2 is 1.21 bits per heavy atom. The van der Waals surface area contributed by atoms with Crippen LogP contribution in [-0.4, -0.2) is 29.0 Å². The number of rotatable bonds is 5. The van der Waals surface area contributed by atoms with Crippen LogP contribution in [-0.2, 0) is 0 Å². The third-order valence-corrected chi connectivity index (χ3v) is 4.67. The minimum Gasteiger partial charge on any atom is -0.289 e. The second-order valence-electron chi connectivity index (χ2n) is 6.52. The highest BCUT2D eigenvalue weighted by atomic mass is 16.2. The lowest BCUT2D eigenvalue weighted by Gasteiger charge is -2.16. The number of carbonyl (C=O) groups excluding carboxylic acids is 3. The number of imide groups is 1. The molecule has 0 spiro atoms. The molecule has 0 saturated carbocycles. The molecule has 2 amide bonds. The van der Waals surface area contributed by atoms with Gasteiger partial charge < -0.3 is 0 Å². The van der Waals surface area contributed by atoms with E-state index >= 15 is 0 Å². The van der Waals surface area contributed by atoms with Crippen molar-refractivity contribution < 1.29 is 14.4 Å². The molecule has 1 aliphatic rings. The average molecular weight is 367 g/mol. The van der Waals surface area contributed by atoms with Crippen molar-refractivity contribution in [3.8, 4) is 0 Å². The quantitative estimate of drug-likeness (QED) is 0.385. The van der Waals surface area contributed by atoms with Crippen molar-refractivity contribution in [2.24, 2.45) is 0 Å². The first-order valence-corrected chi connectivity index (χ1v) is 8.96. The molecule has 0 unspecified atom stereocenters. The smallest absolute Gasteiger partial charge is 0.261 e. The van der Waals surface area contributed by atoms with E-state index in [-0.39, 0.29) is 24.1 Å². The highest BCUT2D eigenvalue weighted by Gasteiger charge is 2.36. The van der Waals surface area contributed by atoms with Gasteiger partial charge in [0.15, 0.2) is 5.78 Å². The second kappa shape index (κ2) is 7.45. The normalized spacial score (nSPS) is 13.6. The summed E-state index contributed by atoms with van der Waals surface area (Å²) >= 11 is 0. The molecule has 0 atom stereocenters. The highest BCUT2D eigenvalue weighted by molar-refractivity contribution is 6.22. The van der Waals surface area contributed by atoms with E-state index in [1.807, 2.05) is 36.4 Å². The molecule has 0 saturated heterocycles. The van der Waals surface area contributed by atoms with Crippen LogP contribution in [0.5, 0.6) is 0 Å². The van der Waals surface area contributed by atoms with E-state index in [0.717, 1.165) is 10.5 Å². The van der Waals surface area contributed by atoms with E-state index in [2.05, 4.69) is 0 Å². The summed E-state index contributed by atoms with van der Waals surface area (Å²) in [5.41, 5.74) is 2.48. The van der Waals surface area contributed by atoms with Gasteiger partial charge in [0.05, 0.1) is 17.7 Å². The molecule has 28 heavy (non-hydrogen) atoms. The molecule has 3 aromatic carbocycles. The molecule has 0 aromatic heterocycles. The van der Waals surface area contributed by atoms with Crippen molar-refractivity contribution in [3.63, 3.8) is 0 Å². The number of hydrogen-bond acceptors (Lipinski definition) is 3. The Balaban J connectivity index is 1.71. The molecule has 0 bridgehead atoms. The van der Waals surface area contributed by atoms with Crippen LogP contribution < -0.4 is 0 Å². The number of ketones is 1. The molecule has 3 aromatic rings. The van der Waals surface area contributed by atoms with Crippen LogP contribution in [0.15, 0.2) is 90.5 Å². The van der Waals surface area contributed by atoms with Crippen molar-refractivity contribution in [1.82, 2.24) is 4.90 Å². The van der Waals surface area contributed by atoms with Gasteiger partial charge in [-0.05, 0) is 23.8 Å². The third-order valence-electron chi connectivity index (χ3n) is 4.67. The van der Waals surface area contributed by atoms with Crippen molar-refractivity contribution in [1.29, 1.82) is 0 Å². The molecule has 1 aliphatic heterocycles. The molecule has 136 valence electrons. The van der Waals surface area contributed by atoms with Crippen molar-refractivity contribution in [3.05, 3.63) is 113 Å². The summed E-state index contributed by atoms with van der Waals surface area (Å²) in [6.45, 7) is -0.0744. The van der Waals surface area contributed by atoms with Crippen molar-refractivity contribution >= 4 is 23.7 Å². The summed E-state index contributed by atoms with van der Waals surface area (Å²) < 4.78 is 0. The molecule has 4 rings (SSSR count). The van der Waals surface area contributed by atoms with Gasteiger partial charge in [0.25, 0.3) is 11.8 Å². The minimum absolute atomic E-state index is 0.0744. The summed E-state index contributed by atoms with van der Waals surface area (Å²) in [6.07, 6.45) is 1.74. The van der Waals surface area contributed by atoms with Gasteiger partial charge in [0.2, 0.25) is 0 Å². The zero-order valence-electron chi connectivity index (χ0n) is 15.0. The monoisotopic (exact) mass is 367 g/mol. The lowest BCUT2D eigenvalue weighted by atomic mass is 10.0. The minimum atomic E-state index is -0.375. The Labute approximate surface area is 162 Å². The van der Waals surface area contributed by atoms with Crippen LogP contribution in [0.1, 0.15) is 36.6 Å². The fraction of sp³-hybridized carbons (Fsp3) is 0.0417. The van der Waals surface area contributed by atoms with E-state index in [0.29, 0.717) is 22.3 Å². The van der Waals surface area contributed by atoms with Gasteiger partial charge in [0, 0.05) is 11.1 Å². The Kier molecular flexibility index (Phi) is 4.68. The number of hydrogen-bond donors (Lipinski definition) is 0. The summed E-state index contributed by atoms with van der Waals surface area (Å²) in [5.74, 6) is -0.957. The lowest BCUT2D eigenvalue weighted by molar-refractivity contribution is 0.0667.